The number of halogens is 1. The highest BCUT2D eigenvalue weighted by atomic mass is 79.9. The molecule has 0 fully saturated rings. The number of aromatic nitrogens is 3. The van der Waals surface area contributed by atoms with Crippen molar-refractivity contribution in [3.63, 3.8) is 0 Å². The zero-order valence-corrected chi connectivity index (χ0v) is 17.4. The summed E-state index contributed by atoms with van der Waals surface area (Å²) in [4.78, 5) is 24.4. The van der Waals surface area contributed by atoms with E-state index in [1.165, 1.54) is 0 Å². The Balaban J connectivity index is 1.63. The van der Waals surface area contributed by atoms with Crippen LogP contribution in [0.15, 0.2) is 53.0 Å². The predicted octanol–water partition coefficient (Wildman–Crippen LogP) is 3.43. The molecule has 0 aliphatic rings. The highest BCUT2D eigenvalue weighted by molar-refractivity contribution is 9.10. The largest absolute Gasteiger partial charge is 0.345 e. The minimum atomic E-state index is -0.339. The normalized spacial score (nSPS) is 10.5. The van der Waals surface area contributed by atoms with E-state index in [4.69, 9.17) is 12.2 Å². The van der Waals surface area contributed by atoms with E-state index in [0.717, 1.165) is 15.6 Å². The van der Waals surface area contributed by atoms with Crippen LogP contribution in [0.25, 0.3) is 11.4 Å². The molecule has 0 atom stereocenters. The van der Waals surface area contributed by atoms with Crippen molar-refractivity contribution >= 4 is 45.6 Å². The number of hydrogen-bond acceptors (Lipinski definition) is 4. The third kappa shape index (κ3) is 4.93. The van der Waals surface area contributed by atoms with Crippen LogP contribution in [0.5, 0.6) is 0 Å². The average Bonchev–Trinajstić information content (AvgIpc) is 3.02. The van der Waals surface area contributed by atoms with Gasteiger partial charge in [-0.2, -0.15) is 5.10 Å². The second-order valence-corrected chi connectivity index (χ2v) is 7.35. The number of aromatic amines is 1. The summed E-state index contributed by atoms with van der Waals surface area (Å²) >= 11 is 8.60. The van der Waals surface area contributed by atoms with E-state index in [1.54, 1.807) is 10.6 Å². The lowest BCUT2D eigenvalue weighted by Gasteiger charge is -2.10. The predicted molar refractivity (Wildman–Crippen MR) is 113 cm³/mol. The summed E-state index contributed by atoms with van der Waals surface area (Å²) in [6.45, 7) is 1.79. The van der Waals surface area contributed by atoms with E-state index in [0.29, 0.717) is 16.3 Å². The maximum Gasteiger partial charge on any atom is 0.243 e. The standard InChI is InChI=1S/C19H18BrN5O2S/c1-12-5-4-6-13(9-12)18-23-24-19(28)25(18)11-17(27)21-10-16(26)22-15-8-3-2-7-14(15)20/h2-9H,10-11H2,1H3,(H,21,27)(H,22,26)(H,24,28). The zero-order chi connectivity index (χ0) is 20.1. The molecule has 28 heavy (non-hydrogen) atoms. The van der Waals surface area contributed by atoms with Crippen molar-refractivity contribution in [1.29, 1.82) is 0 Å². The Morgan fingerprint density at radius 2 is 1.96 bits per heavy atom. The first-order valence-corrected chi connectivity index (χ1v) is 9.67. The van der Waals surface area contributed by atoms with Gasteiger partial charge in [0.05, 0.1) is 12.2 Å². The SMILES string of the molecule is Cc1cccc(-c2n[nH]c(=S)n2CC(=O)NCC(=O)Nc2ccccc2Br)c1. The lowest BCUT2D eigenvalue weighted by atomic mass is 10.1. The first-order valence-electron chi connectivity index (χ1n) is 8.47. The summed E-state index contributed by atoms with van der Waals surface area (Å²) in [5.41, 5.74) is 2.57. The number of carbonyl (C=O) groups excluding carboxylic acids is 2. The molecule has 0 unspecified atom stereocenters. The second-order valence-electron chi connectivity index (χ2n) is 6.11. The molecule has 3 N–H and O–H groups in total. The minimum Gasteiger partial charge on any atom is -0.345 e. The van der Waals surface area contributed by atoms with Gasteiger partial charge in [-0.1, -0.05) is 35.9 Å². The Kier molecular flexibility index (Phi) is 6.37. The van der Waals surface area contributed by atoms with Crippen LogP contribution in [0, 0.1) is 11.7 Å². The van der Waals surface area contributed by atoms with Gasteiger partial charge in [-0.25, -0.2) is 0 Å². The molecule has 1 heterocycles. The molecule has 2 aromatic carbocycles. The molecule has 7 nitrogen and oxygen atoms in total. The number of nitrogens with zero attached hydrogens (tertiary/aromatic N) is 2. The Labute approximate surface area is 175 Å². The van der Waals surface area contributed by atoms with Crippen LogP contribution >= 0.6 is 28.1 Å². The Morgan fingerprint density at radius 3 is 2.71 bits per heavy atom. The van der Waals surface area contributed by atoms with Crippen LogP contribution in [-0.2, 0) is 16.1 Å². The van der Waals surface area contributed by atoms with Crippen molar-refractivity contribution in [2.75, 3.05) is 11.9 Å². The molecule has 0 saturated carbocycles. The molecule has 1 aromatic heterocycles. The number of rotatable bonds is 6. The fourth-order valence-corrected chi connectivity index (χ4v) is 3.18. The summed E-state index contributed by atoms with van der Waals surface area (Å²) in [5, 5.41) is 12.3. The molecular formula is C19H18BrN5O2S. The van der Waals surface area contributed by atoms with Crippen LogP contribution < -0.4 is 10.6 Å². The zero-order valence-electron chi connectivity index (χ0n) is 15.0. The molecule has 0 aliphatic heterocycles. The number of anilines is 1. The van der Waals surface area contributed by atoms with Gasteiger partial charge in [0.2, 0.25) is 11.8 Å². The molecule has 0 radical (unpaired) electrons. The summed E-state index contributed by atoms with van der Waals surface area (Å²) in [5.74, 6) is -0.0925. The summed E-state index contributed by atoms with van der Waals surface area (Å²) in [6, 6.07) is 15.0. The monoisotopic (exact) mass is 459 g/mol. The summed E-state index contributed by atoms with van der Waals surface area (Å²) in [6.07, 6.45) is 0. The number of hydrogen-bond donors (Lipinski definition) is 3. The molecule has 3 aromatic rings. The van der Waals surface area contributed by atoms with Gasteiger partial charge >= 0.3 is 0 Å². The van der Waals surface area contributed by atoms with E-state index >= 15 is 0 Å². The van der Waals surface area contributed by atoms with Crippen molar-refractivity contribution in [3.05, 3.63) is 63.3 Å². The number of amides is 2. The highest BCUT2D eigenvalue weighted by Gasteiger charge is 2.13. The van der Waals surface area contributed by atoms with Crippen LogP contribution in [0.2, 0.25) is 0 Å². The number of aryl methyl sites for hydroxylation is 1. The summed E-state index contributed by atoms with van der Waals surface area (Å²) in [7, 11) is 0. The molecule has 0 bridgehead atoms. The van der Waals surface area contributed by atoms with Crippen LogP contribution in [0.4, 0.5) is 5.69 Å². The number of para-hydroxylation sites is 1. The third-order valence-corrected chi connectivity index (χ3v) is 4.93. The van der Waals surface area contributed by atoms with Gasteiger partial charge < -0.3 is 10.6 Å². The van der Waals surface area contributed by atoms with Gasteiger partial charge in [0.1, 0.15) is 6.54 Å². The number of H-pyrrole nitrogens is 1. The van der Waals surface area contributed by atoms with E-state index in [1.807, 2.05) is 49.4 Å². The number of carbonyl (C=O) groups is 2. The average molecular weight is 460 g/mol. The fraction of sp³-hybridized carbons (Fsp3) is 0.158. The third-order valence-electron chi connectivity index (χ3n) is 3.93. The molecular weight excluding hydrogens is 442 g/mol. The quantitative estimate of drug-likeness (QED) is 0.492. The maximum atomic E-state index is 12.3. The molecule has 2 amide bonds. The Hall–Kier alpha value is -2.78. The highest BCUT2D eigenvalue weighted by Crippen LogP contribution is 2.21. The Bertz CT molecular complexity index is 1080. The topological polar surface area (TPSA) is 91.8 Å². The van der Waals surface area contributed by atoms with Crippen molar-refractivity contribution in [2.24, 2.45) is 0 Å². The molecule has 3 rings (SSSR count). The number of nitrogens with one attached hydrogen (secondary N) is 3. The van der Waals surface area contributed by atoms with E-state index < -0.39 is 0 Å². The second kappa shape index (κ2) is 8.94. The molecule has 0 saturated heterocycles. The fourth-order valence-electron chi connectivity index (χ4n) is 2.60. The lowest BCUT2D eigenvalue weighted by molar-refractivity contribution is -0.124. The molecule has 0 aliphatic carbocycles. The lowest BCUT2D eigenvalue weighted by Crippen LogP contribution is -2.35. The smallest absolute Gasteiger partial charge is 0.243 e. The van der Waals surface area contributed by atoms with Crippen molar-refractivity contribution in [3.8, 4) is 11.4 Å². The van der Waals surface area contributed by atoms with Crippen LogP contribution in [0.1, 0.15) is 5.56 Å². The van der Waals surface area contributed by atoms with Gasteiger partial charge in [-0.05, 0) is 53.3 Å². The van der Waals surface area contributed by atoms with Crippen molar-refractivity contribution in [2.45, 2.75) is 13.5 Å². The van der Waals surface area contributed by atoms with E-state index in [2.05, 4.69) is 36.8 Å². The van der Waals surface area contributed by atoms with Crippen molar-refractivity contribution in [1.82, 2.24) is 20.1 Å². The molecule has 144 valence electrons. The molecule has 0 spiro atoms. The maximum absolute atomic E-state index is 12.3. The molecule has 9 heteroatoms. The van der Waals surface area contributed by atoms with Gasteiger partial charge in [0.25, 0.3) is 0 Å². The van der Waals surface area contributed by atoms with Crippen LogP contribution in [0.3, 0.4) is 0 Å². The van der Waals surface area contributed by atoms with Gasteiger partial charge in [-0.15, -0.1) is 0 Å². The minimum absolute atomic E-state index is 0.0408. The Morgan fingerprint density at radius 1 is 1.18 bits per heavy atom. The van der Waals surface area contributed by atoms with Gasteiger partial charge in [-0.3, -0.25) is 19.3 Å². The van der Waals surface area contributed by atoms with Gasteiger partial charge in [0, 0.05) is 10.0 Å². The van der Waals surface area contributed by atoms with Gasteiger partial charge in [0.15, 0.2) is 10.6 Å². The summed E-state index contributed by atoms with van der Waals surface area (Å²) < 4.78 is 2.71. The number of benzene rings is 2. The van der Waals surface area contributed by atoms with E-state index in [9.17, 15) is 9.59 Å². The van der Waals surface area contributed by atoms with Crippen molar-refractivity contribution < 1.29 is 9.59 Å². The first-order chi connectivity index (χ1) is 13.4. The van der Waals surface area contributed by atoms with Crippen LogP contribution in [-0.4, -0.2) is 33.1 Å². The van der Waals surface area contributed by atoms with E-state index in [-0.39, 0.29) is 24.9 Å². The first kappa shape index (κ1) is 20.0.